The van der Waals surface area contributed by atoms with Gasteiger partial charge in [0.25, 0.3) is 0 Å². The molecule has 5 nitrogen and oxygen atoms in total. The Bertz CT molecular complexity index is 741. The summed E-state index contributed by atoms with van der Waals surface area (Å²) < 4.78 is 0. The number of nitrogens with one attached hydrogen (secondary N) is 1. The largest absolute Gasteiger partial charge is 0.355 e. The van der Waals surface area contributed by atoms with Crippen LogP contribution in [0.25, 0.3) is 0 Å². The summed E-state index contributed by atoms with van der Waals surface area (Å²) in [7, 11) is 0. The Morgan fingerprint density at radius 2 is 1.03 bits per heavy atom. The molecular weight excluding hydrogens is 394 g/mol. The first-order valence-electron chi connectivity index (χ1n) is 12.5. The lowest BCUT2D eigenvalue weighted by molar-refractivity contribution is 0.271. The van der Waals surface area contributed by atoms with Gasteiger partial charge >= 0.3 is 0 Å². The first-order chi connectivity index (χ1) is 15.5. The fourth-order valence-electron chi connectivity index (χ4n) is 4.19. The maximum Gasteiger partial charge on any atom is 0.0563 e. The smallest absolute Gasteiger partial charge is 0.0563 e. The van der Waals surface area contributed by atoms with Crippen LogP contribution in [0.15, 0.2) is 42.5 Å². The molecule has 32 heavy (non-hydrogen) atoms. The lowest BCUT2D eigenvalue weighted by atomic mass is 10.2. The number of nitrogens with zero attached hydrogens (tertiary/aromatic N) is 4. The van der Waals surface area contributed by atoms with Gasteiger partial charge in [-0.15, -0.1) is 0 Å². The van der Waals surface area contributed by atoms with E-state index in [1.54, 1.807) is 0 Å². The van der Waals surface area contributed by atoms with Gasteiger partial charge in [0.1, 0.15) is 0 Å². The van der Waals surface area contributed by atoms with Crippen molar-refractivity contribution in [3.63, 3.8) is 0 Å². The number of hydrazine groups is 2. The second kappa shape index (κ2) is 13.3. The number of hydrogen-bond acceptors (Lipinski definition) is 5. The highest BCUT2D eigenvalue weighted by molar-refractivity contribution is 5.72. The molecule has 0 fully saturated rings. The lowest BCUT2D eigenvalue weighted by Crippen LogP contribution is -2.44. The zero-order valence-corrected chi connectivity index (χ0v) is 21.5. The average molecular weight is 440 g/mol. The van der Waals surface area contributed by atoms with E-state index in [4.69, 9.17) is 0 Å². The topological polar surface area (TPSA) is 25.0 Å². The minimum Gasteiger partial charge on any atom is -0.355 e. The number of rotatable bonds is 14. The summed E-state index contributed by atoms with van der Waals surface area (Å²) in [5, 5.41) is 13.4. The molecule has 0 aliphatic carbocycles. The summed E-state index contributed by atoms with van der Waals surface area (Å²) in [6.07, 6.45) is 2.21. The Morgan fingerprint density at radius 1 is 0.594 bits per heavy atom. The van der Waals surface area contributed by atoms with Gasteiger partial charge in [-0.1, -0.05) is 59.2 Å². The zero-order valence-electron chi connectivity index (χ0n) is 21.5. The first kappa shape index (κ1) is 26.0. The monoisotopic (exact) mass is 439 g/mol. The molecule has 0 bridgehead atoms. The molecule has 1 N–H and O–H groups in total. The van der Waals surface area contributed by atoms with Gasteiger partial charge in [0.05, 0.1) is 11.4 Å². The van der Waals surface area contributed by atoms with E-state index in [0.717, 1.165) is 63.5 Å². The average Bonchev–Trinajstić information content (AvgIpc) is 2.80. The number of benzene rings is 2. The number of anilines is 4. The Labute approximate surface area is 196 Å². The van der Waals surface area contributed by atoms with E-state index in [1.165, 1.54) is 16.9 Å². The standard InChI is InChI=1S/C27H45N5/c1-8-18-31(29(10-3)11-4)26-20-25(28-24-16-14-23(7)15-17-24)21-27(22-26)32(19-9-2)30(12-5)13-6/h14-17,20-22,28H,8-13,18-19H2,1-7H3. The third-order valence-corrected chi connectivity index (χ3v) is 5.85. The molecule has 0 aromatic heterocycles. The van der Waals surface area contributed by atoms with Crippen molar-refractivity contribution in [1.29, 1.82) is 0 Å². The third kappa shape index (κ3) is 6.88. The zero-order chi connectivity index (χ0) is 23.5. The molecule has 0 heterocycles. The maximum atomic E-state index is 3.67. The van der Waals surface area contributed by atoms with Crippen molar-refractivity contribution in [2.45, 2.75) is 61.3 Å². The second-order valence-corrected chi connectivity index (χ2v) is 8.25. The van der Waals surface area contributed by atoms with Crippen LogP contribution in [-0.4, -0.2) is 49.3 Å². The molecule has 0 unspecified atom stereocenters. The molecule has 0 aliphatic heterocycles. The lowest BCUT2D eigenvalue weighted by Gasteiger charge is -2.38. The Kier molecular flexibility index (Phi) is 10.8. The fourth-order valence-corrected chi connectivity index (χ4v) is 4.19. The number of aryl methyl sites for hydroxylation is 1. The van der Waals surface area contributed by atoms with Crippen molar-refractivity contribution >= 4 is 22.7 Å². The van der Waals surface area contributed by atoms with E-state index >= 15 is 0 Å². The van der Waals surface area contributed by atoms with Crippen LogP contribution in [-0.2, 0) is 0 Å². The molecule has 0 amide bonds. The Morgan fingerprint density at radius 3 is 1.41 bits per heavy atom. The van der Waals surface area contributed by atoms with Gasteiger partial charge in [-0.2, -0.15) is 0 Å². The van der Waals surface area contributed by atoms with Gasteiger partial charge in [-0.25, -0.2) is 10.0 Å². The molecule has 0 radical (unpaired) electrons. The van der Waals surface area contributed by atoms with E-state index in [0.29, 0.717) is 0 Å². The molecule has 0 atom stereocenters. The molecule has 0 aliphatic rings. The summed E-state index contributed by atoms with van der Waals surface area (Å²) in [5.74, 6) is 0. The van der Waals surface area contributed by atoms with E-state index < -0.39 is 0 Å². The van der Waals surface area contributed by atoms with Crippen LogP contribution in [0.2, 0.25) is 0 Å². The number of hydrogen-bond donors (Lipinski definition) is 1. The van der Waals surface area contributed by atoms with Crippen molar-refractivity contribution in [2.24, 2.45) is 0 Å². The van der Waals surface area contributed by atoms with Gasteiger partial charge in [0.15, 0.2) is 0 Å². The molecule has 0 spiro atoms. The summed E-state index contributed by atoms with van der Waals surface area (Å²) >= 11 is 0. The maximum absolute atomic E-state index is 3.67. The van der Waals surface area contributed by atoms with Crippen LogP contribution in [0.4, 0.5) is 22.7 Å². The molecule has 0 saturated heterocycles. The van der Waals surface area contributed by atoms with Crippen molar-refractivity contribution in [2.75, 3.05) is 54.6 Å². The minimum atomic E-state index is 0.996. The molecule has 5 heteroatoms. The summed E-state index contributed by atoms with van der Waals surface area (Å²) in [6, 6.07) is 15.6. The quantitative estimate of drug-likeness (QED) is 0.331. The van der Waals surface area contributed by atoms with Gasteiger partial charge in [-0.3, -0.25) is 0 Å². The predicted molar refractivity (Wildman–Crippen MR) is 142 cm³/mol. The molecule has 2 aromatic carbocycles. The van der Waals surface area contributed by atoms with Crippen LogP contribution >= 0.6 is 0 Å². The van der Waals surface area contributed by atoms with Crippen LogP contribution in [0.5, 0.6) is 0 Å². The van der Waals surface area contributed by atoms with Gasteiger partial charge < -0.3 is 15.3 Å². The van der Waals surface area contributed by atoms with Crippen molar-refractivity contribution in [1.82, 2.24) is 10.0 Å². The molecular formula is C27H45N5. The van der Waals surface area contributed by atoms with E-state index in [9.17, 15) is 0 Å². The normalized spacial score (nSPS) is 11.3. The first-order valence-corrected chi connectivity index (χ1v) is 12.5. The fraction of sp³-hybridized carbons (Fsp3) is 0.556. The molecule has 2 rings (SSSR count). The summed E-state index contributed by atoms with van der Waals surface area (Å²) in [4.78, 5) is 0. The highest BCUT2D eigenvalue weighted by Crippen LogP contribution is 2.32. The van der Waals surface area contributed by atoms with Crippen LogP contribution in [0.3, 0.4) is 0 Å². The van der Waals surface area contributed by atoms with Gasteiger partial charge in [-0.05, 0) is 50.1 Å². The van der Waals surface area contributed by atoms with E-state index in [1.807, 2.05) is 0 Å². The summed E-state index contributed by atoms with van der Waals surface area (Å²) in [6.45, 7) is 21.6. The van der Waals surface area contributed by atoms with Crippen LogP contribution in [0, 0.1) is 6.92 Å². The van der Waals surface area contributed by atoms with Gasteiger partial charge in [0, 0.05) is 50.6 Å². The van der Waals surface area contributed by atoms with Crippen LogP contribution < -0.4 is 15.3 Å². The van der Waals surface area contributed by atoms with Crippen molar-refractivity contribution in [3.8, 4) is 0 Å². The second-order valence-electron chi connectivity index (χ2n) is 8.25. The Balaban J connectivity index is 2.57. The molecule has 178 valence electrons. The summed E-state index contributed by atoms with van der Waals surface area (Å²) in [5.41, 5.74) is 6.01. The molecule has 0 saturated carbocycles. The SMILES string of the molecule is CCCN(c1cc(Nc2ccc(C)cc2)cc(N(CCC)N(CC)CC)c1)N(CC)CC. The highest BCUT2D eigenvalue weighted by Gasteiger charge is 2.18. The third-order valence-electron chi connectivity index (χ3n) is 5.85. The molecule has 2 aromatic rings. The highest BCUT2D eigenvalue weighted by atomic mass is 15.6. The predicted octanol–water partition coefficient (Wildman–Crippen LogP) is 6.69. The van der Waals surface area contributed by atoms with Crippen molar-refractivity contribution < 1.29 is 0 Å². The Hall–Kier alpha value is -2.24. The van der Waals surface area contributed by atoms with Crippen molar-refractivity contribution in [3.05, 3.63) is 48.0 Å². The van der Waals surface area contributed by atoms with Gasteiger partial charge in [0.2, 0.25) is 0 Å². The minimum absolute atomic E-state index is 0.996. The van der Waals surface area contributed by atoms with Crippen LogP contribution in [0.1, 0.15) is 59.9 Å². The van der Waals surface area contributed by atoms with E-state index in [2.05, 4.69) is 116 Å². The van der Waals surface area contributed by atoms with E-state index in [-0.39, 0.29) is 0 Å².